The second-order valence-electron chi connectivity index (χ2n) is 6.94. The number of nitrogens with zero attached hydrogens (tertiary/aromatic N) is 2. The van der Waals surface area contributed by atoms with Crippen molar-refractivity contribution in [2.24, 2.45) is 0 Å². The van der Waals surface area contributed by atoms with Gasteiger partial charge in [-0.25, -0.2) is 0 Å². The van der Waals surface area contributed by atoms with Crippen LogP contribution in [0.25, 0.3) is 0 Å². The van der Waals surface area contributed by atoms with E-state index >= 15 is 0 Å². The van der Waals surface area contributed by atoms with Gasteiger partial charge in [0.25, 0.3) is 5.91 Å². The summed E-state index contributed by atoms with van der Waals surface area (Å²) in [5, 5.41) is 14.2. The van der Waals surface area contributed by atoms with Crippen LogP contribution in [0.5, 0.6) is 5.75 Å². The lowest BCUT2D eigenvalue weighted by Crippen LogP contribution is -2.43. The van der Waals surface area contributed by atoms with E-state index in [-0.39, 0.29) is 36.1 Å². The van der Waals surface area contributed by atoms with Crippen molar-refractivity contribution >= 4 is 11.6 Å². The van der Waals surface area contributed by atoms with Crippen LogP contribution in [-0.2, 0) is 4.74 Å². The lowest BCUT2D eigenvalue weighted by atomic mass is 10.0. The highest BCUT2D eigenvalue weighted by molar-refractivity contribution is 5.95. The first-order chi connectivity index (χ1) is 12.5. The van der Waals surface area contributed by atoms with Gasteiger partial charge < -0.3 is 19.7 Å². The quantitative estimate of drug-likeness (QED) is 0.613. The van der Waals surface area contributed by atoms with Crippen LogP contribution < -0.4 is 10.1 Å². The van der Waals surface area contributed by atoms with Crippen molar-refractivity contribution in [1.29, 1.82) is 0 Å². The first-order valence-corrected chi connectivity index (χ1v) is 9.05. The van der Waals surface area contributed by atoms with Gasteiger partial charge in [0.2, 0.25) is 0 Å². The molecule has 2 heterocycles. The van der Waals surface area contributed by atoms with Crippen molar-refractivity contribution in [1.82, 2.24) is 10.2 Å². The van der Waals surface area contributed by atoms with Crippen molar-refractivity contribution in [2.75, 3.05) is 33.4 Å². The van der Waals surface area contributed by atoms with Crippen LogP contribution in [0.3, 0.4) is 0 Å². The monoisotopic (exact) mass is 363 g/mol. The van der Waals surface area contributed by atoms with Gasteiger partial charge in [-0.3, -0.25) is 14.9 Å². The van der Waals surface area contributed by atoms with E-state index in [0.717, 1.165) is 38.8 Å². The Morgan fingerprint density at radius 3 is 2.81 bits per heavy atom. The number of hydrogen-bond acceptors (Lipinski definition) is 6. The van der Waals surface area contributed by atoms with Crippen molar-refractivity contribution in [3.63, 3.8) is 0 Å². The molecule has 1 amide bonds. The molecule has 0 saturated carbocycles. The van der Waals surface area contributed by atoms with Crippen LogP contribution in [0, 0.1) is 10.1 Å². The minimum absolute atomic E-state index is 0.0497. The molecule has 0 radical (unpaired) electrons. The van der Waals surface area contributed by atoms with E-state index in [9.17, 15) is 14.9 Å². The van der Waals surface area contributed by atoms with Crippen LogP contribution in [0.2, 0.25) is 0 Å². The summed E-state index contributed by atoms with van der Waals surface area (Å²) in [7, 11) is 2.06. The summed E-state index contributed by atoms with van der Waals surface area (Å²) in [6, 6.07) is 4.39. The van der Waals surface area contributed by atoms with Gasteiger partial charge in [-0.15, -0.1) is 0 Å². The average molecular weight is 363 g/mol. The number of piperidine rings is 1. The topological polar surface area (TPSA) is 93.9 Å². The second kappa shape index (κ2) is 8.46. The minimum atomic E-state index is -0.497. The van der Waals surface area contributed by atoms with E-state index in [1.165, 1.54) is 18.2 Å². The van der Waals surface area contributed by atoms with Gasteiger partial charge in [-0.1, -0.05) is 0 Å². The number of rotatable bonds is 6. The normalized spacial score (nSPS) is 21.5. The summed E-state index contributed by atoms with van der Waals surface area (Å²) in [5.74, 6) is -0.113. The molecule has 3 rings (SSSR count). The molecule has 2 aliphatic heterocycles. The molecule has 8 heteroatoms. The van der Waals surface area contributed by atoms with Gasteiger partial charge in [0, 0.05) is 30.3 Å². The third kappa shape index (κ3) is 4.70. The number of nitro benzene ring substituents is 1. The summed E-state index contributed by atoms with van der Waals surface area (Å²) in [5.41, 5.74) is 0.232. The SMILES string of the molecule is CN1CCC(NC(=O)c2ccc([N+](=O)[O-])c(OCC3CCCO3)c2)CC1. The fourth-order valence-corrected chi connectivity index (χ4v) is 3.30. The van der Waals surface area contributed by atoms with Gasteiger partial charge in [0.15, 0.2) is 5.75 Å². The molecule has 8 nitrogen and oxygen atoms in total. The zero-order valence-electron chi connectivity index (χ0n) is 15.0. The lowest BCUT2D eigenvalue weighted by molar-refractivity contribution is -0.385. The molecule has 1 N–H and O–H groups in total. The summed E-state index contributed by atoms with van der Waals surface area (Å²) >= 11 is 0. The standard InChI is InChI=1S/C18H25N3O5/c1-20-8-6-14(7-9-20)19-18(22)13-4-5-16(21(23)24)17(11-13)26-12-15-3-2-10-25-15/h4-5,11,14-15H,2-3,6-10,12H2,1H3,(H,19,22). The maximum absolute atomic E-state index is 12.5. The van der Waals surface area contributed by atoms with Gasteiger partial charge >= 0.3 is 5.69 Å². The Labute approximate surface area is 152 Å². The molecule has 0 aromatic heterocycles. The van der Waals surface area contributed by atoms with E-state index in [2.05, 4.69) is 17.3 Å². The zero-order valence-corrected chi connectivity index (χ0v) is 15.0. The lowest BCUT2D eigenvalue weighted by Gasteiger charge is -2.29. The van der Waals surface area contributed by atoms with E-state index in [1.54, 1.807) is 0 Å². The van der Waals surface area contributed by atoms with Crippen molar-refractivity contribution in [3.05, 3.63) is 33.9 Å². The van der Waals surface area contributed by atoms with E-state index in [4.69, 9.17) is 9.47 Å². The zero-order chi connectivity index (χ0) is 18.5. The molecule has 26 heavy (non-hydrogen) atoms. The van der Waals surface area contributed by atoms with Gasteiger partial charge in [-0.2, -0.15) is 0 Å². The number of amides is 1. The number of nitro groups is 1. The highest BCUT2D eigenvalue weighted by atomic mass is 16.6. The minimum Gasteiger partial charge on any atom is -0.484 e. The largest absolute Gasteiger partial charge is 0.484 e. The number of ether oxygens (including phenoxy) is 2. The third-order valence-electron chi connectivity index (χ3n) is 4.92. The number of benzene rings is 1. The molecule has 2 saturated heterocycles. The molecule has 1 aromatic carbocycles. The molecule has 142 valence electrons. The van der Waals surface area contributed by atoms with Crippen LogP contribution in [0.15, 0.2) is 18.2 Å². The molecule has 2 fully saturated rings. The molecule has 0 bridgehead atoms. The Kier molecular flexibility index (Phi) is 6.05. The van der Waals surface area contributed by atoms with Crippen LogP contribution in [0.4, 0.5) is 5.69 Å². The molecular weight excluding hydrogens is 338 g/mol. The smallest absolute Gasteiger partial charge is 0.310 e. The van der Waals surface area contributed by atoms with Gasteiger partial charge in [0.05, 0.1) is 11.0 Å². The highest BCUT2D eigenvalue weighted by Crippen LogP contribution is 2.29. The number of nitrogens with one attached hydrogen (secondary N) is 1. The maximum atomic E-state index is 12.5. The summed E-state index contributed by atoms with van der Waals surface area (Å²) in [6.07, 6.45) is 3.60. The third-order valence-corrected chi connectivity index (χ3v) is 4.92. The van der Waals surface area contributed by atoms with Crippen molar-refractivity contribution < 1.29 is 19.2 Å². The number of hydrogen-bond donors (Lipinski definition) is 1. The molecule has 2 aliphatic rings. The first-order valence-electron chi connectivity index (χ1n) is 9.05. The van der Waals surface area contributed by atoms with E-state index in [1.807, 2.05) is 0 Å². The summed E-state index contributed by atoms with van der Waals surface area (Å²) < 4.78 is 11.1. The van der Waals surface area contributed by atoms with Crippen LogP contribution >= 0.6 is 0 Å². The Hall–Kier alpha value is -2.19. The fourth-order valence-electron chi connectivity index (χ4n) is 3.30. The Balaban J connectivity index is 1.67. The predicted octanol–water partition coefficient (Wildman–Crippen LogP) is 1.98. The molecule has 0 spiro atoms. The number of carbonyl (C=O) groups is 1. The Morgan fingerprint density at radius 1 is 1.38 bits per heavy atom. The summed E-state index contributed by atoms with van der Waals surface area (Å²) in [4.78, 5) is 25.5. The van der Waals surface area contributed by atoms with Gasteiger partial charge in [0.1, 0.15) is 6.61 Å². The number of likely N-dealkylation sites (tertiary alicyclic amines) is 1. The average Bonchev–Trinajstić information content (AvgIpc) is 3.15. The second-order valence-corrected chi connectivity index (χ2v) is 6.94. The number of carbonyl (C=O) groups excluding carboxylic acids is 1. The predicted molar refractivity (Wildman–Crippen MR) is 95.6 cm³/mol. The maximum Gasteiger partial charge on any atom is 0.310 e. The highest BCUT2D eigenvalue weighted by Gasteiger charge is 2.23. The Morgan fingerprint density at radius 2 is 2.15 bits per heavy atom. The molecule has 0 aliphatic carbocycles. The van der Waals surface area contributed by atoms with Crippen molar-refractivity contribution in [2.45, 2.75) is 37.8 Å². The Bertz CT molecular complexity index is 652. The summed E-state index contributed by atoms with van der Waals surface area (Å²) in [6.45, 7) is 2.83. The fraction of sp³-hybridized carbons (Fsp3) is 0.611. The molecular formula is C18H25N3O5. The van der Waals surface area contributed by atoms with E-state index in [0.29, 0.717) is 12.2 Å². The molecule has 1 aromatic rings. The van der Waals surface area contributed by atoms with E-state index < -0.39 is 4.92 Å². The van der Waals surface area contributed by atoms with Gasteiger partial charge in [-0.05, 0) is 51.9 Å². The van der Waals surface area contributed by atoms with Crippen LogP contribution in [-0.4, -0.2) is 61.2 Å². The first kappa shape index (κ1) is 18.6. The van der Waals surface area contributed by atoms with Crippen LogP contribution in [0.1, 0.15) is 36.0 Å². The molecule has 1 unspecified atom stereocenters. The molecule has 1 atom stereocenters. The van der Waals surface area contributed by atoms with Crippen molar-refractivity contribution in [3.8, 4) is 5.75 Å².